The third-order valence-corrected chi connectivity index (χ3v) is 5.43. The number of aromatic amines is 1. The molecule has 0 aliphatic carbocycles. The van der Waals surface area contributed by atoms with Crippen molar-refractivity contribution >= 4 is 28.6 Å². The van der Waals surface area contributed by atoms with E-state index < -0.39 is 0 Å². The van der Waals surface area contributed by atoms with Crippen molar-refractivity contribution in [3.63, 3.8) is 0 Å². The van der Waals surface area contributed by atoms with E-state index in [9.17, 15) is 0 Å². The first-order valence-electron chi connectivity index (χ1n) is 9.14. The number of allylic oxidation sites excluding steroid dienone is 2. The van der Waals surface area contributed by atoms with E-state index in [1.54, 1.807) is 0 Å². The highest BCUT2D eigenvalue weighted by atomic mass is 32.2. The number of hydrogen-bond acceptors (Lipinski definition) is 4. The summed E-state index contributed by atoms with van der Waals surface area (Å²) in [5.74, 6) is 3.55. The van der Waals surface area contributed by atoms with Gasteiger partial charge in [-0.15, -0.1) is 0 Å². The van der Waals surface area contributed by atoms with Crippen LogP contribution in [0.25, 0.3) is 22.3 Å². The molecule has 0 aliphatic heterocycles. The minimum absolute atomic E-state index is 0.286. The number of fused-ring (bicyclic) bond motifs is 1. The van der Waals surface area contributed by atoms with E-state index in [2.05, 4.69) is 58.0 Å². The Morgan fingerprint density at radius 3 is 2.81 bits per heavy atom. The van der Waals surface area contributed by atoms with E-state index in [1.165, 1.54) is 0 Å². The number of anilines is 1. The zero-order chi connectivity index (χ0) is 19.2. The molecule has 5 heteroatoms. The van der Waals surface area contributed by atoms with Crippen molar-refractivity contribution in [2.45, 2.75) is 26.8 Å². The second kappa shape index (κ2) is 8.91. The molecule has 0 saturated heterocycles. The SMILES string of the molecule is C=C(/C=C\C)CSCC(C)Nc1nc(C)nc2cc(-c3ccccc3)[nH]c12. The van der Waals surface area contributed by atoms with Crippen LogP contribution in [0.1, 0.15) is 19.7 Å². The molecule has 1 unspecified atom stereocenters. The maximum absolute atomic E-state index is 4.63. The molecule has 4 nitrogen and oxygen atoms in total. The van der Waals surface area contributed by atoms with Gasteiger partial charge in [0, 0.05) is 23.2 Å². The molecule has 140 valence electrons. The van der Waals surface area contributed by atoms with E-state index in [-0.39, 0.29) is 6.04 Å². The lowest BCUT2D eigenvalue weighted by Gasteiger charge is -2.15. The van der Waals surface area contributed by atoms with Gasteiger partial charge in [-0.25, -0.2) is 9.97 Å². The summed E-state index contributed by atoms with van der Waals surface area (Å²) in [6, 6.07) is 12.7. The molecular weight excluding hydrogens is 352 g/mol. The second-order valence-corrected chi connectivity index (χ2v) is 7.68. The van der Waals surface area contributed by atoms with Gasteiger partial charge in [-0.3, -0.25) is 0 Å². The molecule has 1 aromatic carbocycles. The molecule has 2 N–H and O–H groups in total. The zero-order valence-electron chi connectivity index (χ0n) is 16.1. The molecule has 0 aliphatic rings. The van der Waals surface area contributed by atoms with Crippen LogP contribution >= 0.6 is 11.8 Å². The van der Waals surface area contributed by atoms with Crippen molar-refractivity contribution in [2.24, 2.45) is 0 Å². The normalized spacial score (nSPS) is 12.6. The average molecular weight is 379 g/mol. The van der Waals surface area contributed by atoms with E-state index in [0.29, 0.717) is 0 Å². The fourth-order valence-corrected chi connectivity index (χ4v) is 3.85. The van der Waals surface area contributed by atoms with Crippen molar-refractivity contribution in [3.8, 4) is 11.3 Å². The number of H-pyrrole nitrogens is 1. The first-order chi connectivity index (χ1) is 13.1. The quantitative estimate of drug-likeness (QED) is 0.501. The van der Waals surface area contributed by atoms with Crippen LogP contribution in [-0.2, 0) is 0 Å². The van der Waals surface area contributed by atoms with Gasteiger partial charge in [0.2, 0.25) is 0 Å². The average Bonchev–Trinajstić information content (AvgIpc) is 3.07. The highest BCUT2D eigenvalue weighted by molar-refractivity contribution is 7.99. The molecule has 0 bridgehead atoms. The topological polar surface area (TPSA) is 53.6 Å². The number of thioether (sulfide) groups is 1. The van der Waals surface area contributed by atoms with Crippen LogP contribution in [-0.4, -0.2) is 32.5 Å². The number of aryl methyl sites for hydroxylation is 1. The van der Waals surface area contributed by atoms with Crippen LogP contribution in [0.15, 0.2) is 60.7 Å². The van der Waals surface area contributed by atoms with E-state index in [4.69, 9.17) is 0 Å². The lowest BCUT2D eigenvalue weighted by atomic mass is 10.2. The van der Waals surface area contributed by atoms with Gasteiger partial charge in [0.25, 0.3) is 0 Å². The van der Waals surface area contributed by atoms with Gasteiger partial charge in [0.05, 0.1) is 5.52 Å². The van der Waals surface area contributed by atoms with Crippen LogP contribution in [0.4, 0.5) is 5.82 Å². The molecule has 0 fully saturated rings. The van der Waals surface area contributed by atoms with Crippen LogP contribution in [0.2, 0.25) is 0 Å². The maximum atomic E-state index is 4.63. The fraction of sp³-hybridized carbons (Fsp3) is 0.273. The molecule has 0 radical (unpaired) electrons. The highest BCUT2D eigenvalue weighted by Crippen LogP contribution is 2.27. The predicted molar refractivity (Wildman–Crippen MR) is 118 cm³/mol. The number of rotatable bonds is 8. The molecule has 0 saturated carbocycles. The first kappa shape index (κ1) is 19.2. The van der Waals surface area contributed by atoms with Gasteiger partial charge < -0.3 is 10.3 Å². The summed E-state index contributed by atoms with van der Waals surface area (Å²) in [4.78, 5) is 12.7. The Hall–Kier alpha value is -2.53. The summed E-state index contributed by atoms with van der Waals surface area (Å²) in [7, 11) is 0. The van der Waals surface area contributed by atoms with E-state index in [1.807, 2.05) is 49.9 Å². The van der Waals surface area contributed by atoms with E-state index >= 15 is 0 Å². The third kappa shape index (κ3) is 5.01. The Balaban J connectivity index is 1.75. The van der Waals surface area contributed by atoms with Gasteiger partial charge in [-0.05, 0) is 38.0 Å². The fourth-order valence-electron chi connectivity index (χ4n) is 2.93. The van der Waals surface area contributed by atoms with Gasteiger partial charge in [-0.2, -0.15) is 11.8 Å². The Labute approximate surface area is 165 Å². The van der Waals surface area contributed by atoms with Crippen molar-refractivity contribution in [1.82, 2.24) is 15.0 Å². The molecule has 27 heavy (non-hydrogen) atoms. The Morgan fingerprint density at radius 1 is 1.30 bits per heavy atom. The Kier molecular flexibility index (Phi) is 6.35. The minimum atomic E-state index is 0.286. The number of nitrogens with one attached hydrogen (secondary N) is 2. The highest BCUT2D eigenvalue weighted by Gasteiger charge is 2.13. The number of benzene rings is 1. The van der Waals surface area contributed by atoms with Crippen molar-refractivity contribution in [2.75, 3.05) is 16.8 Å². The maximum Gasteiger partial charge on any atom is 0.154 e. The summed E-state index contributed by atoms with van der Waals surface area (Å²) in [5, 5.41) is 3.55. The molecular formula is C22H26N4S. The molecule has 2 aromatic heterocycles. The van der Waals surface area contributed by atoms with Crippen LogP contribution in [0, 0.1) is 6.92 Å². The van der Waals surface area contributed by atoms with Crippen LogP contribution in [0.3, 0.4) is 0 Å². The Morgan fingerprint density at radius 2 is 2.07 bits per heavy atom. The monoisotopic (exact) mass is 378 g/mol. The molecule has 2 heterocycles. The van der Waals surface area contributed by atoms with E-state index in [0.717, 1.165) is 51.0 Å². The standard InChI is InChI=1S/C22H26N4S/c1-5-9-15(2)13-27-14-16(3)23-22-21-20(24-17(4)25-22)12-19(26-21)18-10-7-6-8-11-18/h5-12,16,26H,2,13-14H2,1,3-4H3,(H,23,24,25)/b9-5-. The lowest BCUT2D eigenvalue weighted by Crippen LogP contribution is -2.19. The third-order valence-electron chi connectivity index (χ3n) is 4.12. The van der Waals surface area contributed by atoms with Crippen LogP contribution in [0.5, 0.6) is 0 Å². The van der Waals surface area contributed by atoms with Crippen molar-refractivity contribution in [1.29, 1.82) is 0 Å². The molecule has 0 spiro atoms. The first-order valence-corrected chi connectivity index (χ1v) is 10.3. The molecule has 3 rings (SSSR count). The number of aromatic nitrogens is 3. The summed E-state index contributed by atoms with van der Waals surface area (Å²) >= 11 is 1.87. The number of hydrogen-bond donors (Lipinski definition) is 2. The molecule has 1 atom stereocenters. The zero-order valence-corrected chi connectivity index (χ0v) is 16.9. The Bertz CT molecular complexity index is 944. The van der Waals surface area contributed by atoms with Gasteiger partial charge in [-0.1, -0.05) is 49.1 Å². The number of nitrogens with zero attached hydrogens (tertiary/aromatic N) is 2. The minimum Gasteiger partial charge on any atom is -0.365 e. The van der Waals surface area contributed by atoms with Gasteiger partial charge in [0.1, 0.15) is 11.3 Å². The van der Waals surface area contributed by atoms with Gasteiger partial charge >= 0.3 is 0 Å². The predicted octanol–water partition coefficient (Wildman–Crippen LogP) is 5.60. The summed E-state index contributed by atoms with van der Waals surface area (Å²) in [6.07, 6.45) is 4.09. The molecule has 3 aromatic rings. The largest absolute Gasteiger partial charge is 0.365 e. The summed E-state index contributed by atoms with van der Waals surface area (Å²) in [5.41, 5.74) is 5.23. The smallest absolute Gasteiger partial charge is 0.154 e. The van der Waals surface area contributed by atoms with Gasteiger partial charge in [0.15, 0.2) is 5.82 Å². The van der Waals surface area contributed by atoms with Crippen LogP contribution < -0.4 is 5.32 Å². The van der Waals surface area contributed by atoms with Crippen molar-refractivity contribution < 1.29 is 0 Å². The summed E-state index contributed by atoms with van der Waals surface area (Å²) < 4.78 is 0. The van der Waals surface area contributed by atoms with Crippen molar-refractivity contribution in [3.05, 3.63) is 66.5 Å². The molecule has 0 amide bonds. The second-order valence-electron chi connectivity index (χ2n) is 6.65. The lowest BCUT2D eigenvalue weighted by molar-refractivity contribution is 0.898. The summed E-state index contributed by atoms with van der Waals surface area (Å²) in [6.45, 7) is 10.2.